The van der Waals surface area contributed by atoms with Crippen LogP contribution < -0.4 is 5.32 Å². The third kappa shape index (κ3) is 2.87. The summed E-state index contributed by atoms with van der Waals surface area (Å²) in [6, 6.07) is 15.9. The molecule has 122 valence electrons. The predicted octanol–water partition coefficient (Wildman–Crippen LogP) is 5.09. The van der Waals surface area contributed by atoms with Crippen molar-refractivity contribution >= 4 is 40.5 Å². The van der Waals surface area contributed by atoms with Gasteiger partial charge in [0.2, 0.25) is 0 Å². The second-order valence-corrected chi connectivity index (χ2v) is 6.04. The molecule has 0 saturated carbocycles. The van der Waals surface area contributed by atoms with Crippen LogP contribution in [0.3, 0.4) is 0 Å². The maximum absolute atomic E-state index is 11.6. The van der Waals surface area contributed by atoms with Crippen LogP contribution in [0.4, 0.5) is 11.4 Å². The van der Waals surface area contributed by atoms with E-state index in [1.54, 1.807) is 6.92 Å². The fraction of sp³-hybridized carbons (Fsp3) is 0.200. The van der Waals surface area contributed by atoms with Crippen LogP contribution in [-0.2, 0) is 12.8 Å². The van der Waals surface area contributed by atoms with Gasteiger partial charge in [0.15, 0.2) is 5.78 Å². The molecule has 0 atom stereocenters. The van der Waals surface area contributed by atoms with Crippen molar-refractivity contribution in [1.29, 1.82) is 0 Å². The molecule has 0 saturated heterocycles. The number of hydrogen-bond acceptors (Lipinski definition) is 3. The van der Waals surface area contributed by atoms with Gasteiger partial charge < -0.3 is 5.32 Å². The Morgan fingerprint density at radius 1 is 1.08 bits per heavy atom. The number of carbonyl (C=O) groups is 1. The number of rotatable bonds is 3. The third-order valence-corrected chi connectivity index (χ3v) is 4.46. The van der Waals surface area contributed by atoms with E-state index in [0.717, 1.165) is 47.1 Å². The SMILES string of the molecule is CC(=O)c1cccc(Nc2c3c(nc4ccccc24)CCC3)c1.Cl. The maximum atomic E-state index is 11.6. The second-order valence-electron chi connectivity index (χ2n) is 6.04. The van der Waals surface area contributed by atoms with Gasteiger partial charge in [0.25, 0.3) is 0 Å². The molecule has 0 radical (unpaired) electrons. The van der Waals surface area contributed by atoms with Gasteiger partial charge in [-0.25, -0.2) is 0 Å². The summed E-state index contributed by atoms with van der Waals surface area (Å²) in [5.41, 5.74) is 6.36. The predicted molar refractivity (Wildman–Crippen MR) is 101 cm³/mol. The molecule has 1 N–H and O–H groups in total. The number of benzene rings is 2. The molecular weight excluding hydrogens is 320 g/mol. The first-order valence-corrected chi connectivity index (χ1v) is 8.01. The topological polar surface area (TPSA) is 42.0 Å². The van der Waals surface area contributed by atoms with E-state index < -0.39 is 0 Å². The summed E-state index contributed by atoms with van der Waals surface area (Å²) in [5, 5.41) is 4.69. The molecule has 1 heterocycles. The van der Waals surface area contributed by atoms with Crippen LogP contribution in [0.1, 0.15) is 35.0 Å². The van der Waals surface area contributed by atoms with Crippen molar-refractivity contribution in [2.45, 2.75) is 26.2 Å². The number of Topliss-reactive ketones (excluding diaryl/α,β-unsaturated/α-hetero) is 1. The molecule has 0 spiro atoms. The van der Waals surface area contributed by atoms with Gasteiger partial charge in [-0.05, 0) is 49.9 Å². The molecule has 0 aliphatic heterocycles. The van der Waals surface area contributed by atoms with Gasteiger partial charge in [-0.1, -0.05) is 30.3 Å². The smallest absolute Gasteiger partial charge is 0.159 e. The number of para-hydroxylation sites is 1. The van der Waals surface area contributed by atoms with E-state index in [1.807, 2.05) is 36.4 Å². The minimum absolute atomic E-state index is 0. The molecule has 0 bridgehead atoms. The highest BCUT2D eigenvalue weighted by Gasteiger charge is 2.19. The first-order valence-electron chi connectivity index (χ1n) is 8.01. The number of fused-ring (bicyclic) bond motifs is 2. The van der Waals surface area contributed by atoms with Gasteiger partial charge in [-0.15, -0.1) is 12.4 Å². The van der Waals surface area contributed by atoms with E-state index in [1.165, 1.54) is 11.3 Å². The highest BCUT2D eigenvalue weighted by Crippen LogP contribution is 2.35. The summed E-state index contributed by atoms with van der Waals surface area (Å²) in [6.45, 7) is 1.60. The van der Waals surface area contributed by atoms with Crippen molar-refractivity contribution in [2.24, 2.45) is 0 Å². The molecule has 2 aromatic carbocycles. The second kappa shape index (κ2) is 6.62. The average molecular weight is 339 g/mol. The standard InChI is InChI=1S/C20H18N2O.ClH/c1-13(23)14-6-4-7-15(12-14)21-20-16-8-2-3-10-18(16)22-19-11-5-9-17(19)20;/h2-4,6-8,10,12H,5,9,11H2,1H3,(H,21,22);1H. The lowest BCUT2D eigenvalue weighted by Gasteiger charge is -2.15. The Bertz CT molecular complexity index is 921. The number of anilines is 2. The van der Waals surface area contributed by atoms with Crippen molar-refractivity contribution in [3.05, 3.63) is 65.4 Å². The summed E-state index contributed by atoms with van der Waals surface area (Å²) in [7, 11) is 0. The maximum Gasteiger partial charge on any atom is 0.159 e. The molecule has 1 aromatic heterocycles. The Balaban J connectivity index is 0.00000169. The monoisotopic (exact) mass is 338 g/mol. The molecule has 24 heavy (non-hydrogen) atoms. The molecule has 3 aromatic rings. The Morgan fingerprint density at radius 3 is 2.75 bits per heavy atom. The van der Waals surface area contributed by atoms with Gasteiger partial charge in [0, 0.05) is 22.3 Å². The molecule has 0 unspecified atom stereocenters. The highest BCUT2D eigenvalue weighted by molar-refractivity contribution is 5.97. The summed E-state index contributed by atoms with van der Waals surface area (Å²) < 4.78 is 0. The Labute approximate surface area is 147 Å². The van der Waals surface area contributed by atoms with E-state index in [-0.39, 0.29) is 18.2 Å². The zero-order chi connectivity index (χ0) is 15.8. The van der Waals surface area contributed by atoms with E-state index in [2.05, 4.69) is 17.4 Å². The first-order chi connectivity index (χ1) is 11.2. The third-order valence-electron chi connectivity index (χ3n) is 4.46. The average Bonchev–Trinajstić information content (AvgIpc) is 3.03. The number of aromatic nitrogens is 1. The number of halogens is 1. The van der Waals surface area contributed by atoms with Crippen LogP contribution in [0.25, 0.3) is 10.9 Å². The zero-order valence-electron chi connectivity index (χ0n) is 13.5. The fourth-order valence-corrected chi connectivity index (χ4v) is 3.31. The van der Waals surface area contributed by atoms with Crippen LogP contribution in [0, 0.1) is 0 Å². The lowest BCUT2D eigenvalue weighted by Crippen LogP contribution is -2.01. The van der Waals surface area contributed by atoms with Crippen molar-refractivity contribution < 1.29 is 4.79 Å². The van der Waals surface area contributed by atoms with E-state index in [4.69, 9.17) is 4.98 Å². The number of nitrogens with one attached hydrogen (secondary N) is 1. The van der Waals surface area contributed by atoms with Crippen molar-refractivity contribution in [3.8, 4) is 0 Å². The van der Waals surface area contributed by atoms with Gasteiger partial charge in [0.1, 0.15) is 0 Å². The largest absolute Gasteiger partial charge is 0.355 e. The summed E-state index contributed by atoms with van der Waals surface area (Å²) in [4.78, 5) is 16.4. The number of nitrogens with zero attached hydrogens (tertiary/aromatic N) is 1. The van der Waals surface area contributed by atoms with Gasteiger partial charge in [-0.3, -0.25) is 9.78 Å². The molecular formula is C20H19ClN2O. The molecule has 1 aliphatic carbocycles. The summed E-state index contributed by atoms with van der Waals surface area (Å²) in [5.74, 6) is 0.0819. The lowest BCUT2D eigenvalue weighted by atomic mass is 10.1. The number of ketones is 1. The minimum Gasteiger partial charge on any atom is -0.355 e. The molecule has 4 rings (SSSR count). The van der Waals surface area contributed by atoms with Crippen molar-refractivity contribution in [3.63, 3.8) is 0 Å². The van der Waals surface area contributed by atoms with Crippen LogP contribution in [0.5, 0.6) is 0 Å². The molecule has 0 amide bonds. The van der Waals surface area contributed by atoms with E-state index in [9.17, 15) is 4.79 Å². The van der Waals surface area contributed by atoms with E-state index in [0.29, 0.717) is 0 Å². The van der Waals surface area contributed by atoms with Gasteiger partial charge in [0.05, 0.1) is 11.2 Å². The van der Waals surface area contributed by atoms with Crippen molar-refractivity contribution in [2.75, 3.05) is 5.32 Å². The Morgan fingerprint density at radius 2 is 1.92 bits per heavy atom. The van der Waals surface area contributed by atoms with Crippen LogP contribution in [-0.4, -0.2) is 10.8 Å². The number of hydrogen-bond donors (Lipinski definition) is 1. The normalized spacial score (nSPS) is 12.5. The van der Waals surface area contributed by atoms with Crippen LogP contribution in [0.15, 0.2) is 48.5 Å². The molecule has 0 fully saturated rings. The number of aryl methyl sites for hydroxylation is 1. The number of pyridine rings is 1. The highest BCUT2D eigenvalue weighted by atomic mass is 35.5. The Hall–Kier alpha value is -2.39. The van der Waals surface area contributed by atoms with Crippen molar-refractivity contribution in [1.82, 2.24) is 4.98 Å². The van der Waals surface area contributed by atoms with Crippen LogP contribution >= 0.6 is 12.4 Å². The van der Waals surface area contributed by atoms with Gasteiger partial charge in [-0.2, -0.15) is 0 Å². The van der Waals surface area contributed by atoms with Crippen LogP contribution in [0.2, 0.25) is 0 Å². The summed E-state index contributed by atoms with van der Waals surface area (Å²) >= 11 is 0. The Kier molecular flexibility index (Phi) is 4.54. The molecule has 1 aliphatic rings. The first kappa shape index (κ1) is 16.5. The minimum atomic E-state index is 0. The fourth-order valence-electron chi connectivity index (χ4n) is 3.31. The summed E-state index contributed by atoms with van der Waals surface area (Å²) in [6.07, 6.45) is 3.26. The van der Waals surface area contributed by atoms with E-state index >= 15 is 0 Å². The molecule has 3 nitrogen and oxygen atoms in total. The lowest BCUT2D eigenvalue weighted by molar-refractivity contribution is 0.101. The number of carbonyl (C=O) groups excluding carboxylic acids is 1. The quantitative estimate of drug-likeness (QED) is 0.676. The molecule has 4 heteroatoms. The van der Waals surface area contributed by atoms with Gasteiger partial charge >= 0.3 is 0 Å². The zero-order valence-corrected chi connectivity index (χ0v) is 14.3.